The number of rotatable bonds is 7. The second-order valence-electron chi connectivity index (χ2n) is 9.09. The Bertz CT molecular complexity index is 1410. The molecule has 0 N–H and O–H groups in total. The number of hydrogen-bond donors (Lipinski definition) is 0. The molecule has 0 spiro atoms. The highest BCUT2D eigenvalue weighted by atomic mass is 32.2. The molecule has 3 aromatic rings. The normalized spacial score (nSPS) is 18.1. The van der Waals surface area contributed by atoms with Crippen molar-refractivity contribution in [3.8, 4) is 11.5 Å². The summed E-state index contributed by atoms with van der Waals surface area (Å²) in [6, 6.07) is 6.47. The first-order valence-corrected chi connectivity index (χ1v) is 13.7. The van der Waals surface area contributed by atoms with Crippen LogP contribution in [-0.2, 0) is 10.0 Å². The number of pyridine rings is 1. The van der Waals surface area contributed by atoms with Gasteiger partial charge in [-0.3, -0.25) is 4.79 Å². The van der Waals surface area contributed by atoms with Gasteiger partial charge in [-0.15, -0.1) is 0 Å². The van der Waals surface area contributed by atoms with Crippen molar-refractivity contribution in [2.24, 2.45) is 0 Å². The standard InChI is InChI=1S/C25H29FN4O5S/c1-3-28(2)36(32,33)16-23(31)20-15-27-30-9-7-18(14-22(20)30)29-8-4-6-21(29)19-12-17(26)13-24-25(19)35-11-5-10-34-24/h7,9,12-15,21H,3-6,8,10-11,16H2,1-2H3. The number of anilines is 1. The van der Waals surface area contributed by atoms with Crippen molar-refractivity contribution >= 4 is 27.0 Å². The van der Waals surface area contributed by atoms with Crippen LogP contribution in [0.25, 0.3) is 5.52 Å². The molecule has 1 unspecified atom stereocenters. The van der Waals surface area contributed by atoms with Crippen molar-refractivity contribution < 1.29 is 27.1 Å². The summed E-state index contributed by atoms with van der Waals surface area (Å²) in [6.07, 6.45) is 5.57. The lowest BCUT2D eigenvalue weighted by Crippen LogP contribution is -2.32. The Balaban J connectivity index is 1.49. The molecule has 2 aliphatic heterocycles. The Hall–Kier alpha value is -3.18. The quantitative estimate of drug-likeness (QED) is 0.444. The number of benzene rings is 1. The number of carbonyl (C=O) groups excluding carboxylic acids is 1. The lowest BCUT2D eigenvalue weighted by Gasteiger charge is -2.29. The Morgan fingerprint density at radius 1 is 1.22 bits per heavy atom. The van der Waals surface area contributed by atoms with E-state index >= 15 is 0 Å². The lowest BCUT2D eigenvalue weighted by molar-refractivity contribution is 0.102. The molecule has 0 amide bonds. The predicted octanol–water partition coefficient (Wildman–Crippen LogP) is 3.44. The molecule has 4 heterocycles. The number of hydrogen-bond acceptors (Lipinski definition) is 7. The zero-order valence-electron chi connectivity index (χ0n) is 20.3. The molecule has 1 fully saturated rings. The number of ketones is 1. The van der Waals surface area contributed by atoms with Crippen LogP contribution in [0.15, 0.2) is 36.7 Å². The van der Waals surface area contributed by atoms with Gasteiger partial charge in [-0.1, -0.05) is 6.92 Å². The van der Waals surface area contributed by atoms with Gasteiger partial charge in [0.2, 0.25) is 10.0 Å². The van der Waals surface area contributed by atoms with Gasteiger partial charge >= 0.3 is 0 Å². The van der Waals surface area contributed by atoms with Gasteiger partial charge in [0.25, 0.3) is 0 Å². The average molecular weight is 517 g/mol. The van der Waals surface area contributed by atoms with Crippen molar-refractivity contribution in [1.29, 1.82) is 0 Å². The third-order valence-electron chi connectivity index (χ3n) is 6.82. The van der Waals surface area contributed by atoms with Crippen LogP contribution in [-0.4, -0.2) is 67.2 Å². The highest BCUT2D eigenvalue weighted by Gasteiger charge is 2.32. The summed E-state index contributed by atoms with van der Waals surface area (Å²) in [4.78, 5) is 15.1. The second kappa shape index (κ2) is 9.70. The van der Waals surface area contributed by atoms with E-state index in [-0.39, 0.29) is 24.0 Å². The first-order valence-electron chi connectivity index (χ1n) is 12.1. The van der Waals surface area contributed by atoms with Crippen LogP contribution in [0.4, 0.5) is 10.1 Å². The summed E-state index contributed by atoms with van der Waals surface area (Å²) in [5, 5.41) is 4.24. The zero-order chi connectivity index (χ0) is 25.4. The molecule has 0 bridgehead atoms. The minimum absolute atomic E-state index is 0.140. The number of aromatic nitrogens is 2. The van der Waals surface area contributed by atoms with E-state index in [1.807, 2.05) is 12.1 Å². The Morgan fingerprint density at radius 3 is 2.83 bits per heavy atom. The molecule has 2 aliphatic rings. The van der Waals surface area contributed by atoms with E-state index < -0.39 is 21.6 Å². The van der Waals surface area contributed by atoms with Crippen LogP contribution in [0.1, 0.15) is 48.1 Å². The molecule has 5 rings (SSSR count). The summed E-state index contributed by atoms with van der Waals surface area (Å²) >= 11 is 0. The lowest BCUT2D eigenvalue weighted by atomic mass is 10.0. The van der Waals surface area contributed by atoms with E-state index in [2.05, 4.69) is 10.00 Å². The number of fused-ring (bicyclic) bond motifs is 2. The van der Waals surface area contributed by atoms with Gasteiger partial charge in [0.1, 0.15) is 11.6 Å². The molecule has 36 heavy (non-hydrogen) atoms. The molecule has 0 saturated carbocycles. The van der Waals surface area contributed by atoms with E-state index in [1.165, 1.54) is 25.4 Å². The fourth-order valence-electron chi connectivity index (χ4n) is 4.83. The summed E-state index contributed by atoms with van der Waals surface area (Å²) in [7, 11) is -2.27. The third-order valence-corrected chi connectivity index (χ3v) is 8.66. The summed E-state index contributed by atoms with van der Waals surface area (Å²) in [5.41, 5.74) is 2.34. The number of sulfonamides is 1. The van der Waals surface area contributed by atoms with E-state index in [4.69, 9.17) is 9.47 Å². The van der Waals surface area contributed by atoms with Gasteiger partial charge in [0.15, 0.2) is 17.3 Å². The summed E-state index contributed by atoms with van der Waals surface area (Å²) in [5.74, 6) is -0.508. The zero-order valence-corrected chi connectivity index (χ0v) is 21.1. The highest BCUT2D eigenvalue weighted by molar-refractivity contribution is 7.89. The highest BCUT2D eigenvalue weighted by Crippen LogP contribution is 2.45. The molecule has 1 atom stereocenters. The third kappa shape index (κ3) is 4.53. The van der Waals surface area contributed by atoms with Crippen molar-refractivity contribution in [3.05, 3.63) is 53.6 Å². The molecule has 2 aromatic heterocycles. The average Bonchev–Trinajstić information content (AvgIpc) is 3.44. The Kier molecular flexibility index (Phi) is 6.60. The Morgan fingerprint density at radius 2 is 2.03 bits per heavy atom. The summed E-state index contributed by atoms with van der Waals surface area (Å²) < 4.78 is 53.9. The van der Waals surface area contributed by atoms with Gasteiger partial charge in [-0.05, 0) is 31.0 Å². The van der Waals surface area contributed by atoms with E-state index in [9.17, 15) is 17.6 Å². The van der Waals surface area contributed by atoms with Crippen LogP contribution < -0.4 is 14.4 Å². The second-order valence-corrected chi connectivity index (χ2v) is 11.2. The number of carbonyl (C=O) groups is 1. The molecule has 0 aliphatic carbocycles. The Labute approximate surface area is 209 Å². The monoisotopic (exact) mass is 516 g/mol. The van der Waals surface area contributed by atoms with Crippen molar-refractivity contribution in [3.63, 3.8) is 0 Å². The first kappa shape index (κ1) is 24.5. The maximum absolute atomic E-state index is 14.5. The fourth-order valence-corrected chi connectivity index (χ4v) is 5.93. The van der Waals surface area contributed by atoms with E-state index in [1.54, 1.807) is 17.6 Å². The maximum atomic E-state index is 14.5. The topological polar surface area (TPSA) is 93.5 Å². The van der Waals surface area contributed by atoms with Crippen LogP contribution in [0, 0.1) is 5.82 Å². The van der Waals surface area contributed by atoms with Gasteiger partial charge < -0.3 is 14.4 Å². The first-order chi connectivity index (χ1) is 17.3. The number of halogens is 1. The molecule has 1 saturated heterocycles. The van der Waals surface area contributed by atoms with Gasteiger partial charge in [-0.2, -0.15) is 5.10 Å². The summed E-state index contributed by atoms with van der Waals surface area (Å²) in [6.45, 7) is 3.71. The van der Waals surface area contributed by atoms with E-state index in [0.717, 1.165) is 41.4 Å². The van der Waals surface area contributed by atoms with Crippen molar-refractivity contribution in [2.75, 3.05) is 44.0 Å². The SMILES string of the molecule is CCN(C)S(=O)(=O)CC(=O)c1cnn2ccc(N3CCCC3c3cc(F)cc4c3OCCCO4)cc12. The molecule has 9 nitrogen and oxygen atoms in total. The number of Topliss-reactive ketones (excluding diaryl/α,β-unsaturated/α-hetero) is 1. The minimum Gasteiger partial charge on any atom is -0.489 e. The molecule has 11 heteroatoms. The van der Waals surface area contributed by atoms with Crippen LogP contribution in [0.3, 0.4) is 0 Å². The fraction of sp³-hybridized carbons (Fsp3) is 0.440. The molecule has 1 aromatic carbocycles. The van der Waals surface area contributed by atoms with Crippen molar-refractivity contribution in [1.82, 2.24) is 13.9 Å². The van der Waals surface area contributed by atoms with Gasteiger partial charge in [0, 0.05) is 50.1 Å². The van der Waals surface area contributed by atoms with Crippen LogP contribution in [0.2, 0.25) is 0 Å². The smallest absolute Gasteiger partial charge is 0.221 e. The maximum Gasteiger partial charge on any atom is 0.221 e. The van der Waals surface area contributed by atoms with Gasteiger partial charge in [-0.25, -0.2) is 21.6 Å². The van der Waals surface area contributed by atoms with E-state index in [0.29, 0.717) is 30.2 Å². The number of ether oxygens (including phenoxy) is 2. The van der Waals surface area contributed by atoms with Crippen LogP contribution in [0.5, 0.6) is 11.5 Å². The van der Waals surface area contributed by atoms with Crippen LogP contribution >= 0.6 is 0 Å². The van der Waals surface area contributed by atoms with Crippen molar-refractivity contribution in [2.45, 2.75) is 32.2 Å². The molecule has 0 radical (unpaired) electrons. The molecular formula is C25H29FN4O5S. The minimum atomic E-state index is -3.72. The largest absolute Gasteiger partial charge is 0.489 e. The number of nitrogens with zero attached hydrogens (tertiary/aromatic N) is 4. The molecular weight excluding hydrogens is 487 g/mol. The van der Waals surface area contributed by atoms with Gasteiger partial charge in [0.05, 0.1) is 36.5 Å². The predicted molar refractivity (Wildman–Crippen MR) is 133 cm³/mol. The molecule has 192 valence electrons.